The molecule has 8 heterocycles. The van der Waals surface area contributed by atoms with Crippen LogP contribution in [-0.2, 0) is 0 Å². The van der Waals surface area contributed by atoms with E-state index < -0.39 is 0 Å². The monoisotopic (exact) mass is 1010 g/mol. The normalized spacial score (nSPS) is 13.7. The van der Waals surface area contributed by atoms with Crippen molar-refractivity contribution in [1.82, 2.24) is 13.7 Å². The summed E-state index contributed by atoms with van der Waals surface area (Å²) in [5, 5.41) is 9.80. The van der Waals surface area contributed by atoms with Crippen molar-refractivity contribution in [3.63, 3.8) is 0 Å². The number of rotatable bonds is 4. The van der Waals surface area contributed by atoms with E-state index in [1.165, 1.54) is 126 Å². The molecule has 4 aliphatic rings. The van der Waals surface area contributed by atoms with Crippen LogP contribution in [0.25, 0.3) is 104 Å². The van der Waals surface area contributed by atoms with Gasteiger partial charge in [-0.15, -0.1) is 0 Å². The molecule has 0 aliphatic carbocycles. The van der Waals surface area contributed by atoms with Crippen LogP contribution in [0.2, 0.25) is 0 Å². The van der Waals surface area contributed by atoms with Gasteiger partial charge in [-0.25, -0.2) is 0 Å². The van der Waals surface area contributed by atoms with E-state index in [0.717, 1.165) is 45.0 Å². The van der Waals surface area contributed by atoms with E-state index in [9.17, 15) is 0 Å². The molecule has 0 atom stereocenters. The van der Waals surface area contributed by atoms with E-state index >= 15 is 0 Å². The molecule has 16 aromatic rings. The number of anilines is 6. The quantitative estimate of drug-likeness (QED) is 0.165. The molecule has 0 N–H and O–H groups in total. The summed E-state index contributed by atoms with van der Waals surface area (Å²) in [5.74, 6) is 0. The van der Waals surface area contributed by atoms with E-state index in [1.54, 1.807) is 0 Å². The first-order chi connectivity index (χ1) is 39.7. The van der Waals surface area contributed by atoms with Gasteiger partial charge in [0.05, 0.1) is 27.6 Å². The minimum absolute atomic E-state index is 0.0664. The van der Waals surface area contributed by atoms with Gasteiger partial charge in [-0.05, 0) is 124 Å². The Labute approximate surface area is 458 Å². The van der Waals surface area contributed by atoms with Gasteiger partial charge in [-0.3, -0.25) is 0 Å². The molecule has 0 saturated carbocycles. The van der Waals surface area contributed by atoms with Gasteiger partial charge < -0.3 is 27.9 Å². The van der Waals surface area contributed by atoms with Crippen LogP contribution in [0.3, 0.4) is 0 Å². The molecule has 80 heavy (non-hydrogen) atoms. The fourth-order valence-electron chi connectivity index (χ4n) is 15.6. The van der Waals surface area contributed by atoms with Crippen LogP contribution in [-0.4, -0.2) is 27.1 Å². The number of para-hydroxylation sites is 8. The Kier molecular flexibility index (Phi) is 7.70. The molecule has 4 aliphatic heterocycles. The minimum Gasteiger partial charge on any atom is -0.456 e. The fourth-order valence-corrected chi connectivity index (χ4v) is 15.6. The van der Waals surface area contributed by atoms with Gasteiger partial charge in [-0.2, -0.15) is 0 Å². The van der Waals surface area contributed by atoms with Crippen molar-refractivity contribution in [1.29, 1.82) is 0 Å². The molecule has 0 unspecified atom stereocenters. The van der Waals surface area contributed by atoms with Crippen LogP contribution in [0.5, 0.6) is 0 Å². The zero-order valence-electron chi connectivity index (χ0n) is 43.0. The summed E-state index contributed by atoms with van der Waals surface area (Å²) in [6.45, 7) is -0.216. The van der Waals surface area contributed by atoms with Gasteiger partial charge in [0.2, 0.25) is 0 Å². The molecular formula is C72H41B2N5O. The maximum Gasteiger partial charge on any atom is 0.253 e. The first-order valence-electron chi connectivity index (χ1n) is 27.8. The summed E-state index contributed by atoms with van der Waals surface area (Å²) in [6, 6.07) is 92.9. The summed E-state index contributed by atoms with van der Waals surface area (Å²) in [4.78, 5) is 5.18. The predicted molar refractivity (Wildman–Crippen MR) is 335 cm³/mol. The largest absolute Gasteiger partial charge is 0.456 e. The fraction of sp³-hybridized carbons (Fsp3) is 0. The van der Waals surface area contributed by atoms with Gasteiger partial charge in [0.25, 0.3) is 13.4 Å². The summed E-state index contributed by atoms with van der Waals surface area (Å²) in [6.07, 6.45) is 0. The summed E-state index contributed by atoms with van der Waals surface area (Å²) < 4.78 is 14.7. The number of fused-ring (bicyclic) bond motifs is 17. The number of furan rings is 1. The molecule has 4 aromatic heterocycles. The van der Waals surface area contributed by atoms with E-state index in [0.29, 0.717) is 0 Å². The average molecular weight is 1010 g/mol. The Morgan fingerprint density at radius 3 is 1.31 bits per heavy atom. The van der Waals surface area contributed by atoms with Gasteiger partial charge in [0.1, 0.15) is 11.2 Å². The second-order valence-corrected chi connectivity index (χ2v) is 22.3. The molecule has 366 valence electrons. The third kappa shape index (κ3) is 5.01. The third-order valence-electron chi connectivity index (χ3n) is 18.5. The molecular weight excluding hydrogens is 972 g/mol. The smallest absolute Gasteiger partial charge is 0.253 e. The van der Waals surface area contributed by atoms with E-state index in [1.807, 2.05) is 0 Å². The van der Waals surface area contributed by atoms with Gasteiger partial charge >= 0.3 is 0 Å². The maximum atomic E-state index is 7.03. The molecule has 0 radical (unpaired) electrons. The van der Waals surface area contributed by atoms with Gasteiger partial charge in [-0.1, -0.05) is 158 Å². The third-order valence-corrected chi connectivity index (χ3v) is 18.5. The first-order valence-corrected chi connectivity index (χ1v) is 27.8. The average Bonchev–Trinajstić information content (AvgIpc) is 2.05. The van der Waals surface area contributed by atoms with E-state index in [2.05, 4.69) is 272 Å². The zero-order chi connectivity index (χ0) is 51.6. The highest BCUT2D eigenvalue weighted by Crippen LogP contribution is 2.50. The molecule has 6 nitrogen and oxygen atoms in total. The Bertz CT molecular complexity index is 5370. The minimum atomic E-state index is -0.150. The molecule has 8 heteroatoms. The zero-order valence-corrected chi connectivity index (χ0v) is 43.0. The molecule has 0 amide bonds. The lowest BCUT2D eigenvalue weighted by Crippen LogP contribution is -2.67. The first kappa shape index (κ1) is 41.7. The van der Waals surface area contributed by atoms with Crippen LogP contribution in [0, 0.1) is 0 Å². The molecule has 0 saturated heterocycles. The maximum absolute atomic E-state index is 7.03. The topological polar surface area (TPSA) is 34.4 Å². The van der Waals surface area contributed by atoms with Crippen molar-refractivity contribution in [3.05, 3.63) is 249 Å². The van der Waals surface area contributed by atoms with Gasteiger partial charge in [0, 0.05) is 99.8 Å². The highest BCUT2D eigenvalue weighted by atomic mass is 16.3. The van der Waals surface area contributed by atoms with Crippen molar-refractivity contribution < 1.29 is 4.42 Å². The highest BCUT2D eigenvalue weighted by Gasteiger charge is 2.51. The van der Waals surface area contributed by atoms with Crippen molar-refractivity contribution in [2.24, 2.45) is 0 Å². The number of benzene rings is 12. The van der Waals surface area contributed by atoms with E-state index in [-0.39, 0.29) is 13.4 Å². The molecule has 0 spiro atoms. The van der Waals surface area contributed by atoms with Crippen LogP contribution in [0.4, 0.5) is 34.1 Å². The van der Waals surface area contributed by atoms with Crippen molar-refractivity contribution in [2.45, 2.75) is 0 Å². The molecule has 12 aromatic carbocycles. The number of nitrogens with zero attached hydrogens (tertiary/aromatic N) is 5. The lowest BCUT2D eigenvalue weighted by atomic mass is 9.29. The molecule has 20 rings (SSSR count). The van der Waals surface area contributed by atoms with Gasteiger partial charge in [0.15, 0.2) is 0 Å². The van der Waals surface area contributed by atoms with Crippen molar-refractivity contribution in [2.75, 3.05) is 9.80 Å². The second-order valence-electron chi connectivity index (χ2n) is 22.3. The summed E-state index contributed by atoms with van der Waals surface area (Å²) in [7, 11) is 0. The molecule has 0 bridgehead atoms. The van der Waals surface area contributed by atoms with Crippen molar-refractivity contribution >= 4 is 168 Å². The summed E-state index contributed by atoms with van der Waals surface area (Å²) >= 11 is 0. The van der Waals surface area contributed by atoms with Crippen LogP contribution >= 0.6 is 0 Å². The lowest BCUT2D eigenvalue weighted by molar-refractivity contribution is 0.669. The standard InChI is InChI=1S/C72H41B2N5O/c1-3-18-42(19-4-1)75-60-38-44(77-56-29-12-7-22-46(56)47-23-8-13-30-57(47)77)34-36-53(60)73-55-28-17-27-50-52-40-65-66(51-26-11-16-33-64(51)80-65)69-71(52)79(70(50)55)72-67(73)62(75)41-63-68(72)74(69)54-37-35-45(39-61(54)76(63)43-20-5-2-6-21-43)78-58-31-14-9-24-48(58)49-25-10-15-32-59(49)78/h1-41H. The Morgan fingerprint density at radius 2 is 0.750 bits per heavy atom. The van der Waals surface area contributed by atoms with Crippen LogP contribution in [0.1, 0.15) is 0 Å². The van der Waals surface area contributed by atoms with E-state index in [4.69, 9.17) is 4.42 Å². The number of hydrogen-bond donors (Lipinski definition) is 0. The number of aromatic nitrogens is 3. The Hall–Kier alpha value is -10.4. The lowest BCUT2D eigenvalue weighted by Gasteiger charge is -2.47. The Morgan fingerprint density at radius 1 is 0.275 bits per heavy atom. The molecule has 0 fully saturated rings. The highest BCUT2D eigenvalue weighted by molar-refractivity contribution is 7.05. The number of hydrogen-bond acceptors (Lipinski definition) is 3. The van der Waals surface area contributed by atoms with Crippen LogP contribution in [0.15, 0.2) is 253 Å². The second kappa shape index (κ2) is 14.8. The predicted octanol–water partition coefficient (Wildman–Crippen LogP) is 14.1. The van der Waals surface area contributed by atoms with Crippen molar-refractivity contribution in [3.8, 4) is 17.1 Å². The Balaban J connectivity index is 0.965. The van der Waals surface area contributed by atoms with Crippen LogP contribution < -0.4 is 42.6 Å². The SMILES string of the molecule is c1ccc(N2c3cc(-n4c5ccccc5c5ccccc54)ccc3B3c4c2cc2c5c4-n4c6c3cccc6c3cc6oc7ccccc7c6c(c34)B5c3ccc(-n4c5ccccc5c5ccccc54)cc3N2c2ccccc2)cc1. The summed E-state index contributed by atoms with van der Waals surface area (Å²) in [5.41, 5.74) is 27.5.